The van der Waals surface area contributed by atoms with E-state index >= 15 is 0 Å². The molecule has 0 amide bonds. The lowest BCUT2D eigenvalue weighted by Gasteiger charge is -2.01. The molecule has 0 saturated heterocycles. The van der Waals surface area contributed by atoms with E-state index < -0.39 is 0 Å². The lowest BCUT2D eigenvalue weighted by Crippen LogP contribution is -1.95. The van der Waals surface area contributed by atoms with Crippen LogP contribution in [0.1, 0.15) is 0 Å². The minimum atomic E-state index is -0.331. The molecule has 0 aliphatic carbocycles. The third-order valence-corrected chi connectivity index (χ3v) is 2.20. The van der Waals surface area contributed by atoms with Crippen LogP contribution >= 0.6 is 11.6 Å². The van der Waals surface area contributed by atoms with Crippen molar-refractivity contribution in [3.05, 3.63) is 41.2 Å². The van der Waals surface area contributed by atoms with E-state index in [-0.39, 0.29) is 11.6 Å². The predicted molar refractivity (Wildman–Crippen MR) is 56.8 cm³/mol. The van der Waals surface area contributed by atoms with Crippen LogP contribution in [0.15, 0.2) is 30.3 Å². The van der Waals surface area contributed by atoms with Gasteiger partial charge in [0.25, 0.3) is 0 Å². The number of nitrogen functional groups attached to an aromatic ring is 1. The highest BCUT2D eigenvalue weighted by Gasteiger charge is 2.04. The molecule has 5 heteroatoms. The second kappa shape index (κ2) is 3.82. The van der Waals surface area contributed by atoms with Gasteiger partial charge in [0.1, 0.15) is 5.82 Å². The number of benzene rings is 1. The molecule has 0 saturated carbocycles. The second-order valence-electron chi connectivity index (χ2n) is 2.97. The summed E-state index contributed by atoms with van der Waals surface area (Å²) in [6.45, 7) is 0. The first-order valence-electron chi connectivity index (χ1n) is 4.21. The molecule has 2 rings (SSSR count). The Bertz CT molecular complexity index is 502. The average molecular weight is 224 g/mol. The fraction of sp³-hybridized carbons (Fsp3) is 0. The van der Waals surface area contributed by atoms with Crippen molar-refractivity contribution in [2.24, 2.45) is 0 Å². The van der Waals surface area contributed by atoms with Gasteiger partial charge in [-0.3, -0.25) is 0 Å². The number of nitrogens with zero attached hydrogens (tertiary/aromatic N) is 2. The van der Waals surface area contributed by atoms with Gasteiger partial charge >= 0.3 is 0 Å². The van der Waals surface area contributed by atoms with Crippen molar-refractivity contribution >= 4 is 17.4 Å². The lowest BCUT2D eigenvalue weighted by molar-refractivity contribution is 0.628. The monoisotopic (exact) mass is 223 g/mol. The van der Waals surface area contributed by atoms with E-state index in [1.165, 1.54) is 12.1 Å². The fourth-order valence-electron chi connectivity index (χ4n) is 1.17. The summed E-state index contributed by atoms with van der Waals surface area (Å²) in [6, 6.07) is 7.58. The van der Waals surface area contributed by atoms with E-state index in [9.17, 15) is 4.39 Å². The maximum absolute atomic E-state index is 12.9. The molecule has 0 fully saturated rings. The zero-order valence-electron chi connectivity index (χ0n) is 7.61. The van der Waals surface area contributed by atoms with Crippen LogP contribution in [-0.2, 0) is 0 Å². The smallest absolute Gasteiger partial charge is 0.164 e. The summed E-state index contributed by atoms with van der Waals surface area (Å²) in [6.07, 6.45) is 0. The summed E-state index contributed by atoms with van der Waals surface area (Å²) in [5.74, 6) is -0.168. The second-order valence-corrected chi connectivity index (χ2v) is 3.38. The quantitative estimate of drug-likeness (QED) is 0.808. The molecule has 0 bridgehead atoms. The minimum Gasteiger partial charge on any atom is -0.381 e. The van der Waals surface area contributed by atoms with Gasteiger partial charge in [-0.15, -0.1) is 10.2 Å². The Kier molecular flexibility index (Phi) is 2.51. The van der Waals surface area contributed by atoms with Crippen LogP contribution in [0.25, 0.3) is 11.3 Å². The van der Waals surface area contributed by atoms with Gasteiger partial charge in [0.15, 0.2) is 5.82 Å². The van der Waals surface area contributed by atoms with Crippen LogP contribution in [0.5, 0.6) is 0 Å². The topological polar surface area (TPSA) is 51.8 Å². The molecule has 2 N–H and O–H groups in total. The summed E-state index contributed by atoms with van der Waals surface area (Å²) in [5.41, 5.74) is 6.53. The standard InChI is InChI=1S/C10H7ClFN3/c11-8-5-9(14-15-10(8)13)6-2-1-3-7(12)4-6/h1-5H,(H2,13,15). The number of aromatic nitrogens is 2. The van der Waals surface area contributed by atoms with Crippen LogP contribution < -0.4 is 5.73 Å². The van der Waals surface area contributed by atoms with Gasteiger partial charge in [-0.25, -0.2) is 4.39 Å². The molecule has 1 aromatic carbocycles. The van der Waals surface area contributed by atoms with Gasteiger partial charge in [0, 0.05) is 5.56 Å². The fourth-order valence-corrected chi connectivity index (χ4v) is 1.31. The maximum atomic E-state index is 12.9. The van der Waals surface area contributed by atoms with Crippen LogP contribution in [0, 0.1) is 5.82 Å². The van der Waals surface area contributed by atoms with Crippen molar-refractivity contribution in [2.45, 2.75) is 0 Å². The van der Waals surface area contributed by atoms with Crippen LogP contribution in [0.2, 0.25) is 5.02 Å². The van der Waals surface area contributed by atoms with Crippen molar-refractivity contribution in [3.63, 3.8) is 0 Å². The number of hydrogen-bond acceptors (Lipinski definition) is 3. The first kappa shape index (κ1) is 9.86. The molecule has 0 aliphatic heterocycles. The van der Waals surface area contributed by atoms with Crippen LogP contribution in [0.3, 0.4) is 0 Å². The SMILES string of the molecule is Nc1nnc(-c2cccc(F)c2)cc1Cl. The maximum Gasteiger partial charge on any atom is 0.164 e. The molecule has 0 radical (unpaired) electrons. The lowest BCUT2D eigenvalue weighted by atomic mass is 10.1. The Morgan fingerprint density at radius 1 is 1.20 bits per heavy atom. The van der Waals surface area contributed by atoms with E-state index in [1.54, 1.807) is 18.2 Å². The van der Waals surface area contributed by atoms with Gasteiger partial charge in [0.05, 0.1) is 10.7 Å². The summed E-state index contributed by atoms with van der Waals surface area (Å²) in [7, 11) is 0. The zero-order valence-corrected chi connectivity index (χ0v) is 8.37. The number of hydrogen-bond donors (Lipinski definition) is 1. The summed E-state index contributed by atoms with van der Waals surface area (Å²) in [5, 5.41) is 7.79. The molecule has 0 aliphatic rings. The van der Waals surface area contributed by atoms with E-state index in [4.69, 9.17) is 17.3 Å². The Morgan fingerprint density at radius 2 is 2.00 bits per heavy atom. The molecular weight excluding hydrogens is 217 g/mol. The number of rotatable bonds is 1. The number of halogens is 2. The summed E-state index contributed by atoms with van der Waals surface area (Å²) < 4.78 is 12.9. The minimum absolute atomic E-state index is 0.164. The van der Waals surface area contributed by atoms with E-state index in [1.807, 2.05) is 0 Å². The molecule has 0 unspecified atom stereocenters. The third-order valence-electron chi connectivity index (χ3n) is 1.89. The number of anilines is 1. The first-order chi connectivity index (χ1) is 7.16. The Labute approximate surface area is 90.7 Å². The first-order valence-corrected chi connectivity index (χ1v) is 4.59. The van der Waals surface area contributed by atoms with Crippen molar-refractivity contribution in [3.8, 4) is 11.3 Å². The van der Waals surface area contributed by atoms with Gasteiger partial charge in [-0.05, 0) is 18.2 Å². The van der Waals surface area contributed by atoms with Crippen molar-refractivity contribution in [2.75, 3.05) is 5.73 Å². The van der Waals surface area contributed by atoms with Gasteiger partial charge < -0.3 is 5.73 Å². The third kappa shape index (κ3) is 2.05. The van der Waals surface area contributed by atoms with Crippen molar-refractivity contribution in [1.29, 1.82) is 0 Å². The van der Waals surface area contributed by atoms with Crippen molar-refractivity contribution in [1.82, 2.24) is 10.2 Å². The highest BCUT2D eigenvalue weighted by atomic mass is 35.5. The Morgan fingerprint density at radius 3 is 2.67 bits per heavy atom. The van der Waals surface area contributed by atoms with Gasteiger partial charge in [-0.2, -0.15) is 0 Å². The molecule has 1 heterocycles. The highest BCUT2D eigenvalue weighted by Crippen LogP contribution is 2.22. The largest absolute Gasteiger partial charge is 0.381 e. The molecule has 1 aromatic heterocycles. The Balaban J connectivity index is 2.50. The van der Waals surface area contributed by atoms with Gasteiger partial charge in [0.2, 0.25) is 0 Å². The molecule has 76 valence electrons. The Hall–Kier alpha value is -1.68. The predicted octanol–water partition coefficient (Wildman–Crippen LogP) is 2.52. The molecular formula is C10H7ClFN3. The van der Waals surface area contributed by atoms with Crippen molar-refractivity contribution < 1.29 is 4.39 Å². The summed E-state index contributed by atoms with van der Waals surface area (Å²) >= 11 is 5.78. The molecule has 0 spiro atoms. The van der Waals surface area contributed by atoms with Crippen LogP contribution in [-0.4, -0.2) is 10.2 Å². The molecule has 0 atom stereocenters. The molecule has 2 aromatic rings. The normalized spacial score (nSPS) is 10.3. The highest BCUT2D eigenvalue weighted by molar-refractivity contribution is 6.32. The van der Waals surface area contributed by atoms with Gasteiger partial charge in [-0.1, -0.05) is 23.7 Å². The number of nitrogens with two attached hydrogens (primary N) is 1. The summed E-state index contributed by atoms with van der Waals surface area (Å²) in [4.78, 5) is 0. The van der Waals surface area contributed by atoms with E-state index in [0.717, 1.165) is 0 Å². The van der Waals surface area contributed by atoms with E-state index in [0.29, 0.717) is 16.3 Å². The van der Waals surface area contributed by atoms with Crippen LogP contribution in [0.4, 0.5) is 10.2 Å². The zero-order chi connectivity index (χ0) is 10.8. The van der Waals surface area contributed by atoms with E-state index in [2.05, 4.69) is 10.2 Å². The molecule has 15 heavy (non-hydrogen) atoms. The molecule has 3 nitrogen and oxygen atoms in total. The average Bonchev–Trinajstić information content (AvgIpc) is 2.22.